The Bertz CT molecular complexity index is 2000. The van der Waals surface area contributed by atoms with Crippen LogP contribution in [0, 0.1) is 5.92 Å². The molecule has 2 fully saturated rings. The van der Waals surface area contributed by atoms with Gasteiger partial charge in [-0.1, -0.05) is 36.3 Å². The number of nitrogens with one attached hydrogen (secondary N) is 3. The molecule has 1 aromatic carbocycles. The molecule has 294 valence electrons. The van der Waals surface area contributed by atoms with Gasteiger partial charge in [0.15, 0.2) is 5.13 Å². The second kappa shape index (κ2) is 16.1. The highest BCUT2D eigenvalue weighted by molar-refractivity contribution is 7.19. The van der Waals surface area contributed by atoms with E-state index in [-0.39, 0.29) is 25.3 Å². The molecule has 1 aliphatic carbocycles. The first kappa shape index (κ1) is 39.2. The monoisotopic (exact) mass is 778 g/mol. The normalized spacial score (nSPS) is 24.9. The minimum atomic E-state index is -1.48. The summed E-state index contributed by atoms with van der Waals surface area (Å²) in [7, 11) is 2.79. The molecule has 1 saturated carbocycles. The number of thiazole rings is 1. The van der Waals surface area contributed by atoms with Gasteiger partial charge in [0.2, 0.25) is 11.8 Å². The number of hydrogen-bond donors (Lipinski definition) is 4. The number of carbonyl (C=O) groups is 5. The number of aliphatic carboxylic acids is 1. The first-order valence-electron chi connectivity index (χ1n) is 18.2. The number of allylic oxidation sites excluding steroid dienone is 1. The van der Waals surface area contributed by atoms with Gasteiger partial charge in [-0.3, -0.25) is 14.9 Å². The fourth-order valence-corrected chi connectivity index (χ4v) is 7.65. The standard InChI is InChI=1S/C38H46N6O10S/c1-37(2,3)54-36(50)41-25-12-10-8-6-7-9-11-21-18-38(21,33(47)48)43-31(45)28-16-23(20-44(28)32(25)46)53-29-17-27(30-19-39-34(55-30)42-35(49)52-5)40-26-15-22(51-4)13-14-24(26)29/h9,11,13-15,17,19,21,23,25,28H,6-8,10,12,16,18,20H2,1-5H3,(H,41,50)(H,43,45)(H,47,48)(H,39,42,49)/b11-9-/t21?,23-,25?,28?,38?/m1/s1. The summed E-state index contributed by atoms with van der Waals surface area (Å²) < 4.78 is 22.3. The number of carbonyl (C=O) groups excluding carboxylic acids is 4. The molecule has 4 unspecified atom stereocenters. The quantitative estimate of drug-likeness (QED) is 0.227. The van der Waals surface area contributed by atoms with Crippen LogP contribution >= 0.6 is 11.3 Å². The van der Waals surface area contributed by atoms with Crippen LogP contribution in [0.25, 0.3) is 21.5 Å². The van der Waals surface area contributed by atoms with E-state index in [1.54, 1.807) is 51.2 Å². The summed E-state index contributed by atoms with van der Waals surface area (Å²) in [5.41, 5.74) is -1.29. The first-order valence-corrected chi connectivity index (χ1v) is 19.0. The molecule has 0 bridgehead atoms. The molecule has 2 aromatic heterocycles. The largest absolute Gasteiger partial charge is 0.497 e. The van der Waals surface area contributed by atoms with Crippen LogP contribution in [-0.4, -0.2) is 100 Å². The van der Waals surface area contributed by atoms with Crippen molar-refractivity contribution in [1.82, 2.24) is 25.5 Å². The van der Waals surface area contributed by atoms with Crippen molar-refractivity contribution in [3.8, 4) is 22.1 Å². The van der Waals surface area contributed by atoms with Crippen molar-refractivity contribution < 1.29 is 48.0 Å². The van der Waals surface area contributed by atoms with Gasteiger partial charge in [0.25, 0.3) is 0 Å². The molecular weight excluding hydrogens is 733 g/mol. The number of fused-ring (bicyclic) bond motifs is 3. The highest BCUT2D eigenvalue weighted by Crippen LogP contribution is 2.45. The second-order valence-corrected chi connectivity index (χ2v) is 15.9. The third kappa shape index (κ3) is 9.10. The smallest absolute Gasteiger partial charge is 0.413 e. The molecule has 4 heterocycles. The third-order valence-corrected chi connectivity index (χ3v) is 10.7. The van der Waals surface area contributed by atoms with Crippen molar-refractivity contribution in [1.29, 1.82) is 0 Å². The lowest BCUT2D eigenvalue weighted by Crippen LogP contribution is -2.56. The Kier molecular flexibility index (Phi) is 11.5. The van der Waals surface area contributed by atoms with Gasteiger partial charge in [0.1, 0.15) is 40.8 Å². The highest BCUT2D eigenvalue weighted by atomic mass is 32.1. The molecule has 17 heteroatoms. The van der Waals surface area contributed by atoms with Crippen LogP contribution in [0.4, 0.5) is 14.7 Å². The number of aromatic nitrogens is 2. The molecule has 2 aliphatic heterocycles. The van der Waals surface area contributed by atoms with Gasteiger partial charge in [-0.2, -0.15) is 0 Å². The van der Waals surface area contributed by atoms with E-state index >= 15 is 0 Å². The molecule has 3 aromatic rings. The van der Waals surface area contributed by atoms with E-state index in [0.717, 1.165) is 19.3 Å². The minimum absolute atomic E-state index is 0.0319. The van der Waals surface area contributed by atoms with E-state index in [1.807, 2.05) is 12.2 Å². The van der Waals surface area contributed by atoms with Crippen LogP contribution < -0.4 is 25.4 Å². The zero-order valence-electron chi connectivity index (χ0n) is 31.4. The number of pyridine rings is 1. The summed E-state index contributed by atoms with van der Waals surface area (Å²) in [4.78, 5) is 77.0. The van der Waals surface area contributed by atoms with Crippen LogP contribution in [0.1, 0.15) is 65.7 Å². The summed E-state index contributed by atoms with van der Waals surface area (Å²) in [6.07, 6.45) is 6.69. The number of methoxy groups -OCH3 is 2. The molecule has 1 saturated heterocycles. The average Bonchev–Trinajstić information content (AvgIpc) is 3.41. The van der Waals surface area contributed by atoms with Crippen molar-refractivity contribution >= 4 is 57.3 Å². The van der Waals surface area contributed by atoms with E-state index in [0.29, 0.717) is 50.9 Å². The molecule has 3 aliphatic rings. The summed E-state index contributed by atoms with van der Waals surface area (Å²) in [6, 6.07) is 4.90. The Morgan fingerprint density at radius 1 is 1.09 bits per heavy atom. The van der Waals surface area contributed by atoms with Gasteiger partial charge in [0, 0.05) is 36.1 Å². The lowest BCUT2D eigenvalue weighted by Gasteiger charge is -2.30. The lowest BCUT2D eigenvalue weighted by molar-refractivity contribution is -0.145. The van der Waals surface area contributed by atoms with Crippen molar-refractivity contribution in [2.75, 3.05) is 26.1 Å². The molecule has 4 amide bonds. The molecule has 0 radical (unpaired) electrons. The maximum atomic E-state index is 14.5. The number of hydrogen-bond acceptors (Lipinski definition) is 12. The topological polar surface area (TPSA) is 208 Å². The third-order valence-electron chi connectivity index (χ3n) is 9.74. The van der Waals surface area contributed by atoms with Crippen LogP contribution in [-0.2, 0) is 23.9 Å². The van der Waals surface area contributed by atoms with Crippen LogP contribution in [0.2, 0.25) is 0 Å². The van der Waals surface area contributed by atoms with E-state index in [9.17, 15) is 29.1 Å². The van der Waals surface area contributed by atoms with Gasteiger partial charge >= 0.3 is 18.2 Å². The second-order valence-electron chi connectivity index (χ2n) is 14.9. The molecule has 16 nitrogen and oxygen atoms in total. The van der Waals surface area contributed by atoms with E-state index < -0.39 is 59.3 Å². The Morgan fingerprint density at radius 2 is 1.89 bits per heavy atom. The van der Waals surface area contributed by atoms with Crippen LogP contribution in [0.3, 0.4) is 0 Å². The van der Waals surface area contributed by atoms with Crippen LogP contribution in [0.15, 0.2) is 42.6 Å². The number of nitrogens with zero attached hydrogens (tertiary/aromatic N) is 3. The number of alkyl carbamates (subject to hydrolysis) is 1. The fourth-order valence-electron chi connectivity index (χ4n) is 6.89. The van der Waals surface area contributed by atoms with Crippen molar-refractivity contribution in [2.45, 2.75) is 95.0 Å². The van der Waals surface area contributed by atoms with Gasteiger partial charge in [-0.15, -0.1) is 0 Å². The molecule has 0 spiro atoms. The molecular formula is C38H46N6O10S. The summed E-state index contributed by atoms with van der Waals surface area (Å²) >= 11 is 1.17. The fraction of sp³-hybridized carbons (Fsp3) is 0.500. The number of benzene rings is 1. The number of anilines is 1. The first-order chi connectivity index (χ1) is 26.2. The summed E-state index contributed by atoms with van der Waals surface area (Å²) in [6.45, 7) is 5.14. The van der Waals surface area contributed by atoms with Crippen molar-refractivity contribution in [2.24, 2.45) is 5.92 Å². The van der Waals surface area contributed by atoms with E-state index in [1.165, 1.54) is 30.5 Å². The number of rotatable bonds is 7. The Morgan fingerprint density at radius 3 is 2.62 bits per heavy atom. The molecule has 5 atom stereocenters. The number of carboxylic acid groups (broad SMARTS) is 1. The molecule has 6 rings (SSSR count). The van der Waals surface area contributed by atoms with Gasteiger partial charge in [-0.25, -0.2) is 24.4 Å². The maximum absolute atomic E-state index is 14.5. The molecule has 55 heavy (non-hydrogen) atoms. The van der Waals surface area contributed by atoms with Crippen molar-refractivity contribution in [3.05, 3.63) is 42.6 Å². The SMILES string of the molecule is COC(=O)Nc1ncc(-c2cc(O[C@@H]3CC4C(=O)NC5(C(=O)O)CC5/C=C\CCCCCC(NC(=O)OC(C)(C)C)C(=O)N4C3)c3ccc(OC)cc3n2)s1. The Labute approximate surface area is 321 Å². The predicted molar refractivity (Wildman–Crippen MR) is 202 cm³/mol. The summed E-state index contributed by atoms with van der Waals surface area (Å²) in [5, 5.41) is 19.2. The zero-order chi connectivity index (χ0) is 39.5. The lowest BCUT2D eigenvalue weighted by atomic mass is 10.0. The minimum Gasteiger partial charge on any atom is -0.497 e. The van der Waals surface area contributed by atoms with E-state index in [4.69, 9.17) is 19.2 Å². The molecule has 4 N–H and O–H groups in total. The Balaban J connectivity index is 1.34. The Hall–Kier alpha value is -5.45. The van der Waals surface area contributed by atoms with Crippen LogP contribution in [0.5, 0.6) is 11.5 Å². The number of ether oxygens (including phenoxy) is 4. The number of amides is 4. The average molecular weight is 779 g/mol. The van der Waals surface area contributed by atoms with Gasteiger partial charge in [0.05, 0.1) is 36.9 Å². The van der Waals surface area contributed by atoms with Gasteiger partial charge in [-0.05, 0) is 58.6 Å². The van der Waals surface area contributed by atoms with E-state index in [2.05, 4.69) is 25.7 Å². The zero-order valence-corrected chi connectivity index (χ0v) is 32.2. The van der Waals surface area contributed by atoms with Crippen molar-refractivity contribution in [3.63, 3.8) is 0 Å². The summed E-state index contributed by atoms with van der Waals surface area (Å²) in [5.74, 6) is -1.69. The highest BCUT2D eigenvalue weighted by Gasteiger charge is 2.61. The van der Waals surface area contributed by atoms with Gasteiger partial charge < -0.3 is 39.6 Å². The predicted octanol–water partition coefficient (Wildman–Crippen LogP) is 5.27. The number of carboxylic acids is 1. The maximum Gasteiger partial charge on any atom is 0.413 e.